The Morgan fingerprint density at radius 1 is 0.778 bits per heavy atom. The van der Waals surface area contributed by atoms with Crippen molar-refractivity contribution in [1.82, 2.24) is 0 Å². The summed E-state index contributed by atoms with van der Waals surface area (Å²) in [5.41, 5.74) is 6.00. The zero-order valence-electron chi connectivity index (χ0n) is 15.0. The summed E-state index contributed by atoms with van der Waals surface area (Å²) in [5, 5.41) is 3.66. The zero-order valence-corrected chi connectivity index (χ0v) is 15.8. The molecule has 3 aromatic rings. The van der Waals surface area contributed by atoms with Gasteiger partial charge >= 0.3 is 0 Å². The van der Waals surface area contributed by atoms with E-state index in [2.05, 4.69) is 60.8 Å². The smallest absolute Gasteiger partial charge is 0.228 e. The van der Waals surface area contributed by atoms with E-state index in [4.69, 9.17) is 11.6 Å². The van der Waals surface area contributed by atoms with Gasteiger partial charge in [0.05, 0.1) is 16.6 Å². The minimum Gasteiger partial charge on any atom is -0.324 e. The first-order chi connectivity index (χ1) is 13.2. The number of fused-ring (bicyclic) bond motifs is 1. The van der Waals surface area contributed by atoms with Crippen LogP contribution in [0.3, 0.4) is 0 Å². The van der Waals surface area contributed by atoms with Gasteiger partial charge in [-0.25, -0.2) is 0 Å². The molecule has 0 spiro atoms. The monoisotopic (exact) mass is 373 g/mol. The molecule has 0 fully saturated rings. The predicted molar refractivity (Wildman–Crippen MR) is 109 cm³/mol. The van der Waals surface area contributed by atoms with Crippen molar-refractivity contribution in [1.29, 1.82) is 0 Å². The topological polar surface area (TPSA) is 29.1 Å². The van der Waals surface area contributed by atoms with Crippen LogP contribution < -0.4 is 5.32 Å². The summed E-state index contributed by atoms with van der Waals surface area (Å²) in [6, 6.07) is 24.6. The summed E-state index contributed by atoms with van der Waals surface area (Å²) in [6.07, 6.45) is 0. The van der Waals surface area contributed by atoms with E-state index < -0.39 is 0 Å². The highest BCUT2D eigenvalue weighted by molar-refractivity contribution is 6.33. The van der Waals surface area contributed by atoms with Gasteiger partial charge < -0.3 is 5.32 Å². The number of amides is 1. The van der Waals surface area contributed by atoms with Gasteiger partial charge in [-0.3, -0.25) is 4.79 Å². The first-order valence-corrected chi connectivity index (χ1v) is 9.77. The second-order valence-electron chi connectivity index (χ2n) is 7.57. The molecular formula is C24H20ClNO. The molecule has 0 heterocycles. The van der Waals surface area contributed by atoms with Gasteiger partial charge in [-0.15, -0.1) is 0 Å². The molecule has 134 valence electrons. The third-order valence-electron chi connectivity index (χ3n) is 6.22. The van der Waals surface area contributed by atoms with E-state index in [0.717, 1.165) is 0 Å². The van der Waals surface area contributed by atoms with Crippen molar-refractivity contribution in [2.45, 2.75) is 18.8 Å². The van der Waals surface area contributed by atoms with Crippen molar-refractivity contribution in [3.63, 3.8) is 0 Å². The molecule has 0 saturated heterocycles. The van der Waals surface area contributed by atoms with Crippen LogP contribution in [0.1, 0.15) is 41.0 Å². The van der Waals surface area contributed by atoms with E-state index >= 15 is 0 Å². The number of carbonyl (C=O) groups excluding carboxylic acids is 1. The van der Waals surface area contributed by atoms with Crippen LogP contribution in [-0.2, 0) is 4.79 Å². The standard InChI is InChI=1S/C24H20ClNO/c1-14-21-15-8-2-4-10-17(15)23(18-11-5-3-9-16(18)21)22(14)24(27)26-20-13-7-6-12-19(20)25/h2-14,21-23H,1H3,(H,26,27). The molecule has 6 rings (SSSR count). The first-order valence-electron chi connectivity index (χ1n) is 9.40. The Labute approximate surface area is 164 Å². The SMILES string of the molecule is CC1C2c3ccccc3C(c3ccccc32)C1C(=O)Nc1ccccc1Cl. The third-order valence-corrected chi connectivity index (χ3v) is 6.55. The van der Waals surface area contributed by atoms with Gasteiger partial charge in [-0.1, -0.05) is 79.2 Å². The number of hydrogen-bond donors (Lipinski definition) is 1. The lowest BCUT2D eigenvalue weighted by Crippen LogP contribution is -2.44. The molecule has 3 aliphatic rings. The van der Waals surface area contributed by atoms with Crippen molar-refractivity contribution in [3.8, 4) is 0 Å². The van der Waals surface area contributed by atoms with Crippen molar-refractivity contribution in [2.75, 3.05) is 5.32 Å². The van der Waals surface area contributed by atoms with Gasteiger partial charge in [0.15, 0.2) is 0 Å². The fraction of sp³-hybridized carbons (Fsp3) is 0.208. The van der Waals surface area contributed by atoms with Gasteiger partial charge in [0.1, 0.15) is 0 Å². The molecular weight excluding hydrogens is 354 g/mol. The molecule has 2 bridgehead atoms. The van der Waals surface area contributed by atoms with E-state index in [9.17, 15) is 4.79 Å². The van der Waals surface area contributed by atoms with Gasteiger partial charge in [-0.2, -0.15) is 0 Å². The fourth-order valence-corrected chi connectivity index (χ4v) is 5.31. The number of halogens is 1. The number of anilines is 1. The van der Waals surface area contributed by atoms with Crippen molar-refractivity contribution in [3.05, 3.63) is 100 Å². The van der Waals surface area contributed by atoms with Crippen LogP contribution in [0.5, 0.6) is 0 Å². The molecule has 2 atom stereocenters. The maximum atomic E-state index is 13.4. The Hall–Kier alpha value is -2.58. The number of rotatable bonds is 2. The average Bonchev–Trinajstić information content (AvgIpc) is 2.69. The molecule has 3 heteroatoms. The third kappa shape index (κ3) is 2.44. The molecule has 3 aliphatic carbocycles. The molecule has 0 radical (unpaired) electrons. The number of nitrogens with one attached hydrogen (secondary N) is 1. The molecule has 27 heavy (non-hydrogen) atoms. The maximum absolute atomic E-state index is 13.4. The fourth-order valence-electron chi connectivity index (χ4n) is 5.12. The Bertz CT molecular complexity index is 996. The van der Waals surface area contributed by atoms with Gasteiger partial charge in [0, 0.05) is 11.8 Å². The largest absolute Gasteiger partial charge is 0.324 e. The van der Waals surface area contributed by atoms with Gasteiger partial charge in [-0.05, 0) is 40.3 Å². The van der Waals surface area contributed by atoms with E-state index in [-0.39, 0.29) is 29.6 Å². The van der Waals surface area contributed by atoms with E-state index in [0.29, 0.717) is 10.7 Å². The maximum Gasteiger partial charge on any atom is 0.228 e. The lowest BCUT2D eigenvalue weighted by Gasteiger charge is -2.49. The molecule has 0 aromatic heterocycles. The minimum absolute atomic E-state index is 0.0506. The summed E-state index contributed by atoms with van der Waals surface area (Å²) in [4.78, 5) is 13.4. The highest BCUT2D eigenvalue weighted by Crippen LogP contribution is 2.58. The summed E-state index contributed by atoms with van der Waals surface area (Å²) in [5.74, 6) is 0.497. The van der Waals surface area contributed by atoms with Crippen LogP contribution >= 0.6 is 11.6 Å². The molecule has 2 unspecified atom stereocenters. The molecule has 0 saturated carbocycles. The predicted octanol–water partition coefficient (Wildman–Crippen LogP) is 5.82. The summed E-state index contributed by atoms with van der Waals surface area (Å²) < 4.78 is 0. The quantitative estimate of drug-likeness (QED) is 0.602. The van der Waals surface area contributed by atoms with E-state index in [1.807, 2.05) is 18.2 Å². The lowest BCUT2D eigenvalue weighted by molar-refractivity contribution is -0.122. The molecule has 0 aliphatic heterocycles. The molecule has 1 amide bonds. The number of carbonyl (C=O) groups is 1. The average molecular weight is 374 g/mol. The highest BCUT2D eigenvalue weighted by atomic mass is 35.5. The summed E-state index contributed by atoms with van der Waals surface area (Å²) in [6.45, 7) is 2.21. The second kappa shape index (κ2) is 6.24. The highest BCUT2D eigenvalue weighted by Gasteiger charge is 2.50. The molecule has 2 nitrogen and oxygen atoms in total. The second-order valence-corrected chi connectivity index (χ2v) is 7.97. The van der Waals surface area contributed by atoms with Crippen LogP contribution in [0, 0.1) is 11.8 Å². The summed E-state index contributed by atoms with van der Waals surface area (Å²) >= 11 is 6.27. The lowest BCUT2D eigenvalue weighted by atomic mass is 9.54. The van der Waals surface area contributed by atoms with Gasteiger partial charge in [0.25, 0.3) is 0 Å². The Kier molecular flexibility index (Phi) is 3.84. The van der Waals surface area contributed by atoms with Crippen molar-refractivity contribution in [2.24, 2.45) is 11.8 Å². The first kappa shape index (κ1) is 16.6. The Balaban J connectivity index is 1.61. The number of para-hydroxylation sites is 1. The van der Waals surface area contributed by atoms with Gasteiger partial charge in [0.2, 0.25) is 5.91 Å². The summed E-state index contributed by atoms with van der Waals surface area (Å²) in [7, 11) is 0. The van der Waals surface area contributed by atoms with Crippen molar-refractivity contribution >= 4 is 23.2 Å². The normalized spacial score (nSPS) is 24.8. The van der Waals surface area contributed by atoms with Crippen molar-refractivity contribution < 1.29 is 4.79 Å². The van der Waals surface area contributed by atoms with Crippen LogP contribution in [0.15, 0.2) is 72.8 Å². The molecule has 1 N–H and O–H groups in total. The van der Waals surface area contributed by atoms with Crippen LogP contribution in [0.4, 0.5) is 5.69 Å². The Morgan fingerprint density at radius 2 is 1.26 bits per heavy atom. The van der Waals surface area contributed by atoms with E-state index in [1.54, 1.807) is 6.07 Å². The number of hydrogen-bond acceptors (Lipinski definition) is 1. The number of benzene rings is 3. The minimum atomic E-state index is -0.115. The van der Waals surface area contributed by atoms with Crippen LogP contribution in [0.25, 0.3) is 0 Å². The van der Waals surface area contributed by atoms with Crippen LogP contribution in [-0.4, -0.2) is 5.91 Å². The van der Waals surface area contributed by atoms with E-state index in [1.165, 1.54) is 22.3 Å². The molecule has 3 aromatic carbocycles. The Morgan fingerprint density at radius 3 is 1.81 bits per heavy atom. The zero-order chi connectivity index (χ0) is 18.5. The van der Waals surface area contributed by atoms with Crippen LogP contribution in [0.2, 0.25) is 5.02 Å².